The minimum Gasteiger partial charge on any atom is -0.619 e. The number of hydrogen-bond donors (Lipinski definition) is 2. The van der Waals surface area contributed by atoms with Crippen molar-refractivity contribution in [3.63, 3.8) is 0 Å². The third-order valence-electron chi connectivity index (χ3n) is 4.55. The summed E-state index contributed by atoms with van der Waals surface area (Å²) in [6.07, 6.45) is 3.15. The lowest BCUT2D eigenvalue weighted by Gasteiger charge is -2.10. The van der Waals surface area contributed by atoms with Crippen LogP contribution in [-0.4, -0.2) is 27.7 Å². The van der Waals surface area contributed by atoms with Gasteiger partial charge in [0.25, 0.3) is 5.91 Å². The number of carbonyl (C=O) groups excluding carboxylic acids is 1. The molecule has 12 heteroatoms. The molecule has 4 rings (SSSR count). The Balaban J connectivity index is 1.90. The van der Waals surface area contributed by atoms with Crippen LogP contribution < -0.4 is 19.5 Å². The summed E-state index contributed by atoms with van der Waals surface area (Å²) in [5, 5.41) is 14.9. The molecule has 2 aromatic carbocycles. The van der Waals surface area contributed by atoms with Crippen LogP contribution in [0.5, 0.6) is 5.75 Å². The van der Waals surface area contributed by atoms with Crippen LogP contribution in [0.4, 0.5) is 11.4 Å². The third kappa shape index (κ3) is 4.12. The Labute approximate surface area is 192 Å². The van der Waals surface area contributed by atoms with E-state index in [-0.39, 0.29) is 21.3 Å². The third-order valence-corrected chi connectivity index (χ3v) is 5.73. The highest BCUT2D eigenvalue weighted by Gasteiger charge is 2.22. The fourth-order valence-electron chi connectivity index (χ4n) is 3.29. The van der Waals surface area contributed by atoms with Gasteiger partial charge in [-0.3, -0.25) is 9.52 Å². The number of benzene rings is 2. The van der Waals surface area contributed by atoms with E-state index in [1.54, 1.807) is 24.3 Å². The number of carbonyl (C=O) groups is 1. The van der Waals surface area contributed by atoms with Crippen molar-refractivity contribution in [1.82, 2.24) is 0 Å². The zero-order chi connectivity index (χ0) is 23.2. The van der Waals surface area contributed by atoms with Crippen molar-refractivity contribution in [3.8, 4) is 5.75 Å². The zero-order valence-corrected chi connectivity index (χ0v) is 18.9. The fourth-order valence-corrected chi connectivity index (χ4v) is 4.38. The van der Waals surface area contributed by atoms with Crippen molar-refractivity contribution in [2.24, 2.45) is 0 Å². The number of nitrogens with one attached hydrogen (secondary N) is 2. The van der Waals surface area contributed by atoms with Crippen LogP contribution in [-0.2, 0) is 10.0 Å². The van der Waals surface area contributed by atoms with E-state index in [4.69, 9.17) is 32.4 Å². The van der Waals surface area contributed by atoms with E-state index >= 15 is 0 Å². The van der Waals surface area contributed by atoms with E-state index in [2.05, 4.69) is 10.0 Å². The number of halogens is 2. The summed E-state index contributed by atoms with van der Waals surface area (Å²) in [5.41, 5.74) is 1.28. The Hall–Kier alpha value is -3.21. The summed E-state index contributed by atoms with van der Waals surface area (Å²) in [5.74, 6) is -0.192. The first-order valence-electron chi connectivity index (χ1n) is 8.97. The van der Waals surface area contributed by atoms with E-state index < -0.39 is 15.9 Å². The quantitative estimate of drug-likeness (QED) is 0.316. The van der Waals surface area contributed by atoms with E-state index in [9.17, 15) is 18.4 Å². The lowest BCUT2D eigenvalue weighted by atomic mass is 10.0. The molecule has 32 heavy (non-hydrogen) atoms. The molecular formula is C20H15Cl2N3O6S. The average molecular weight is 496 g/mol. The molecule has 2 N–H and O–H groups in total. The molecule has 0 spiro atoms. The second kappa shape index (κ2) is 8.05. The van der Waals surface area contributed by atoms with Crippen LogP contribution in [0.15, 0.2) is 47.1 Å². The molecule has 0 aliphatic rings. The smallest absolute Gasteiger partial charge is 0.256 e. The zero-order valence-electron chi connectivity index (χ0n) is 16.6. The van der Waals surface area contributed by atoms with Crippen molar-refractivity contribution >= 4 is 72.4 Å². The number of aromatic nitrogens is 1. The van der Waals surface area contributed by atoms with Crippen molar-refractivity contribution in [3.05, 3.63) is 63.5 Å². The summed E-state index contributed by atoms with van der Waals surface area (Å²) in [7, 11) is -2.06. The number of hydrogen-bond acceptors (Lipinski definition) is 6. The Morgan fingerprint density at radius 2 is 1.84 bits per heavy atom. The summed E-state index contributed by atoms with van der Waals surface area (Å²) in [4.78, 5) is 13.2. The van der Waals surface area contributed by atoms with Crippen LogP contribution in [0, 0.1) is 5.21 Å². The first kappa shape index (κ1) is 22.0. The number of methoxy groups -OCH3 is 1. The Morgan fingerprint density at radius 3 is 2.47 bits per heavy atom. The van der Waals surface area contributed by atoms with Crippen LogP contribution in [0.1, 0.15) is 10.4 Å². The molecule has 9 nitrogen and oxygen atoms in total. The topological polar surface area (TPSA) is 125 Å². The highest BCUT2D eigenvalue weighted by molar-refractivity contribution is 7.92. The highest BCUT2D eigenvalue weighted by Crippen LogP contribution is 2.39. The summed E-state index contributed by atoms with van der Waals surface area (Å²) in [6, 6.07) is 7.78. The molecule has 2 heterocycles. The maximum Gasteiger partial charge on any atom is 0.256 e. The molecule has 4 aromatic rings. The molecule has 0 saturated heterocycles. The van der Waals surface area contributed by atoms with Gasteiger partial charge in [-0.25, -0.2) is 8.42 Å². The number of amides is 1. The number of nitrogens with zero attached hydrogens (tertiary/aromatic N) is 1. The number of anilines is 2. The molecule has 0 fully saturated rings. The fraction of sp³-hybridized carbons (Fsp3) is 0.100. The molecule has 0 aliphatic carbocycles. The van der Waals surface area contributed by atoms with Crippen LogP contribution >= 0.6 is 23.2 Å². The van der Waals surface area contributed by atoms with Gasteiger partial charge >= 0.3 is 0 Å². The number of sulfonamides is 1. The predicted molar refractivity (Wildman–Crippen MR) is 122 cm³/mol. The number of furan rings is 1. The van der Waals surface area contributed by atoms with Gasteiger partial charge in [-0.05, 0) is 30.3 Å². The van der Waals surface area contributed by atoms with Crippen molar-refractivity contribution < 1.29 is 27.1 Å². The molecular weight excluding hydrogens is 481 g/mol. The number of fused-ring (bicyclic) bond motifs is 3. The molecule has 0 aliphatic heterocycles. The molecule has 2 aromatic heterocycles. The van der Waals surface area contributed by atoms with Gasteiger partial charge in [0.2, 0.25) is 22.4 Å². The van der Waals surface area contributed by atoms with Gasteiger partial charge in [0, 0.05) is 16.5 Å². The lowest BCUT2D eigenvalue weighted by Crippen LogP contribution is -2.25. The highest BCUT2D eigenvalue weighted by atomic mass is 35.5. The van der Waals surface area contributed by atoms with Gasteiger partial charge < -0.3 is 19.7 Å². The van der Waals surface area contributed by atoms with E-state index in [1.807, 2.05) is 0 Å². The normalized spacial score (nSPS) is 11.6. The van der Waals surface area contributed by atoms with Crippen molar-refractivity contribution in [2.75, 3.05) is 23.4 Å². The average Bonchev–Trinajstić information content (AvgIpc) is 3.07. The largest absolute Gasteiger partial charge is 0.619 e. The Bertz CT molecular complexity index is 1480. The molecule has 0 bridgehead atoms. The standard InChI is InChI=1S/C20H15Cl2N3O6S/c1-30-16-6-4-11(20(26)23-18-13(21)8-25(27)9-14(18)22)17-12-7-10(24-32(2,28)29)3-5-15(12)31-19(16)17/h3-9,24H,1-2H3,(H,23,26). The summed E-state index contributed by atoms with van der Waals surface area (Å²) >= 11 is 12.1. The monoisotopic (exact) mass is 495 g/mol. The van der Waals surface area contributed by atoms with Gasteiger partial charge in [-0.2, -0.15) is 4.73 Å². The lowest BCUT2D eigenvalue weighted by molar-refractivity contribution is -0.605. The molecule has 1 amide bonds. The van der Waals surface area contributed by atoms with Gasteiger partial charge in [-0.1, -0.05) is 23.2 Å². The maximum atomic E-state index is 13.2. The molecule has 166 valence electrons. The first-order valence-corrected chi connectivity index (χ1v) is 11.6. The van der Waals surface area contributed by atoms with Gasteiger partial charge in [0.05, 0.1) is 24.6 Å². The van der Waals surface area contributed by atoms with E-state index in [0.717, 1.165) is 18.6 Å². The van der Waals surface area contributed by atoms with E-state index in [0.29, 0.717) is 38.1 Å². The minimum atomic E-state index is -3.52. The number of pyridine rings is 1. The molecule has 0 atom stereocenters. The molecule has 0 radical (unpaired) electrons. The van der Waals surface area contributed by atoms with Crippen molar-refractivity contribution in [2.45, 2.75) is 0 Å². The first-order chi connectivity index (χ1) is 15.1. The van der Waals surface area contributed by atoms with E-state index in [1.165, 1.54) is 13.2 Å². The van der Waals surface area contributed by atoms with Crippen LogP contribution in [0.3, 0.4) is 0 Å². The molecule has 0 saturated carbocycles. The van der Waals surface area contributed by atoms with Gasteiger partial charge in [0.1, 0.15) is 15.6 Å². The van der Waals surface area contributed by atoms with Crippen LogP contribution in [0.2, 0.25) is 10.0 Å². The second-order valence-electron chi connectivity index (χ2n) is 6.85. The minimum absolute atomic E-state index is 0.0395. The van der Waals surface area contributed by atoms with Gasteiger partial charge in [0.15, 0.2) is 11.3 Å². The summed E-state index contributed by atoms with van der Waals surface area (Å²) < 4.78 is 37.3. The number of rotatable bonds is 5. The Morgan fingerprint density at radius 1 is 1.16 bits per heavy atom. The maximum absolute atomic E-state index is 13.2. The SMILES string of the molecule is COc1ccc(C(=O)Nc2c(Cl)c[n+]([O-])cc2Cl)c2c1oc1ccc(NS(C)(=O)=O)cc12. The van der Waals surface area contributed by atoms with Crippen molar-refractivity contribution in [1.29, 1.82) is 0 Å². The Kier molecular flexibility index (Phi) is 5.53. The number of ether oxygens (including phenoxy) is 1. The summed E-state index contributed by atoms with van der Waals surface area (Å²) in [6.45, 7) is 0. The van der Waals surface area contributed by atoms with Crippen LogP contribution in [0.25, 0.3) is 21.9 Å². The second-order valence-corrected chi connectivity index (χ2v) is 9.41. The molecule has 0 unspecified atom stereocenters. The predicted octanol–water partition coefficient (Wildman–Crippen LogP) is 4.16. The van der Waals surface area contributed by atoms with Gasteiger partial charge in [-0.15, -0.1) is 0 Å².